The number of hydrogen-bond donors (Lipinski definition) is 3. The van der Waals surface area contributed by atoms with Gasteiger partial charge in [0.25, 0.3) is 0 Å². The first-order valence-corrected chi connectivity index (χ1v) is 9.48. The van der Waals surface area contributed by atoms with Crippen LogP contribution in [0.15, 0.2) is 46.9 Å². The van der Waals surface area contributed by atoms with Crippen molar-refractivity contribution in [1.29, 1.82) is 0 Å². The Kier molecular flexibility index (Phi) is 5.74. The van der Waals surface area contributed by atoms with Crippen molar-refractivity contribution in [3.63, 3.8) is 0 Å². The molecular weight excluding hydrogens is 392 g/mol. The molecule has 0 bridgehead atoms. The van der Waals surface area contributed by atoms with Crippen LogP contribution in [0.25, 0.3) is 22.3 Å². The average molecular weight is 415 g/mol. The van der Waals surface area contributed by atoms with Gasteiger partial charge in [0.15, 0.2) is 5.82 Å². The van der Waals surface area contributed by atoms with Crippen LogP contribution in [-0.4, -0.2) is 27.7 Å². The van der Waals surface area contributed by atoms with E-state index in [0.29, 0.717) is 23.9 Å². The van der Waals surface area contributed by atoms with E-state index >= 15 is 0 Å². The molecule has 0 aliphatic heterocycles. The van der Waals surface area contributed by atoms with Crippen molar-refractivity contribution in [3.05, 3.63) is 46.9 Å². The topological polar surface area (TPSA) is 84.1 Å². The monoisotopic (exact) mass is 414 g/mol. The van der Waals surface area contributed by atoms with E-state index in [-0.39, 0.29) is 11.8 Å². The number of nitrogens with two attached hydrogens (primary N) is 1. The van der Waals surface area contributed by atoms with Crippen molar-refractivity contribution in [3.8, 4) is 17.1 Å². The van der Waals surface area contributed by atoms with Gasteiger partial charge in [0.2, 0.25) is 0 Å². The quantitative estimate of drug-likeness (QED) is 0.550. The number of para-hydroxylation sites is 1. The summed E-state index contributed by atoms with van der Waals surface area (Å²) in [5.74, 6) is 1.89. The summed E-state index contributed by atoms with van der Waals surface area (Å²) >= 11 is 3.44. The Balaban J connectivity index is 2.00. The fourth-order valence-corrected chi connectivity index (χ4v) is 3.30. The van der Waals surface area contributed by atoms with E-state index in [2.05, 4.69) is 45.1 Å². The third kappa shape index (κ3) is 4.31. The highest BCUT2D eigenvalue weighted by Crippen LogP contribution is 2.32. The first-order valence-electron chi connectivity index (χ1n) is 8.69. The number of nitrogens with zero attached hydrogens (tertiary/aromatic N) is 2. The van der Waals surface area contributed by atoms with Crippen LogP contribution in [0.4, 0.5) is 5.82 Å². The van der Waals surface area contributed by atoms with E-state index in [1.807, 2.05) is 30.3 Å². The van der Waals surface area contributed by atoms with Gasteiger partial charge >= 0.3 is 0 Å². The molecular formula is C20H23BrN4O. The summed E-state index contributed by atoms with van der Waals surface area (Å²) in [5, 5.41) is 14.5. The maximum absolute atomic E-state index is 10.2. The molecule has 0 saturated carbocycles. The van der Waals surface area contributed by atoms with Gasteiger partial charge in [-0.3, -0.25) is 0 Å². The highest BCUT2D eigenvalue weighted by atomic mass is 79.9. The molecule has 26 heavy (non-hydrogen) atoms. The van der Waals surface area contributed by atoms with Crippen LogP contribution in [0.3, 0.4) is 0 Å². The summed E-state index contributed by atoms with van der Waals surface area (Å²) < 4.78 is 0.857. The van der Waals surface area contributed by atoms with Crippen LogP contribution >= 0.6 is 15.9 Å². The van der Waals surface area contributed by atoms with E-state index in [1.54, 1.807) is 12.1 Å². The number of aromatic hydroxyl groups is 1. The number of halogens is 1. The SMILES string of the molecule is CC(C)C[C@@H](N)CNc1nc(-c2cc(Br)ccc2O)nc2ccccc12. The van der Waals surface area contributed by atoms with Gasteiger partial charge in [-0.1, -0.05) is 41.9 Å². The van der Waals surface area contributed by atoms with Crippen molar-refractivity contribution < 1.29 is 5.11 Å². The molecule has 136 valence electrons. The predicted molar refractivity (Wildman–Crippen MR) is 110 cm³/mol. The van der Waals surface area contributed by atoms with Gasteiger partial charge in [-0.2, -0.15) is 0 Å². The van der Waals surface area contributed by atoms with Crippen LogP contribution in [-0.2, 0) is 0 Å². The largest absolute Gasteiger partial charge is 0.507 e. The molecule has 5 nitrogen and oxygen atoms in total. The standard InChI is InChI=1S/C20H23BrN4O/c1-12(2)9-14(22)11-23-19-15-5-3-4-6-17(15)24-20(25-19)16-10-13(21)7-8-18(16)26/h3-8,10,12,14,26H,9,11,22H2,1-2H3,(H,23,24,25)/t14-/m1/s1. The normalized spacial score (nSPS) is 12.5. The summed E-state index contributed by atoms with van der Waals surface area (Å²) in [5.41, 5.74) is 7.61. The van der Waals surface area contributed by atoms with Gasteiger partial charge in [0.1, 0.15) is 11.6 Å². The number of aromatic nitrogens is 2. The van der Waals surface area contributed by atoms with Crippen LogP contribution in [0.2, 0.25) is 0 Å². The summed E-state index contributed by atoms with van der Waals surface area (Å²) in [6.45, 7) is 4.95. The Morgan fingerprint density at radius 1 is 1.15 bits per heavy atom. The number of phenols is 1. The van der Waals surface area contributed by atoms with E-state index in [1.165, 1.54) is 0 Å². The van der Waals surface area contributed by atoms with Crippen LogP contribution in [0.1, 0.15) is 20.3 Å². The van der Waals surface area contributed by atoms with Crippen molar-refractivity contribution in [2.24, 2.45) is 11.7 Å². The lowest BCUT2D eigenvalue weighted by Gasteiger charge is -2.17. The minimum absolute atomic E-state index is 0.0476. The molecule has 1 aromatic heterocycles. The lowest BCUT2D eigenvalue weighted by Crippen LogP contribution is -2.30. The fourth-order valence-electron chi connectivity index (χ4n) is 2.94. The highest BCUT2D eigenvalue weighted by Gasteiger charge is 2.14. The number of hydrogen-bond acceptors (Lipinski definition) is 5. The van der Waals surface area contributed by atoms with Gasteiger partial charge in [0, 0.05) is 22.4 Å². The number of rotatable bonds is 6. The average Bonchev–Trinajstić information content (AvgIpc) is 2.61. The fraction of sp³-hybridized carbons (Fsp3) is 0.300. The maximum atomic E-state index is 10.2. The third-order valence-corrected chi connectivity index (χ3v) is 4.60. The molecule has 0 aliphatic rings. The molecule has 1 atom stereocenters. The van der Waals surface area contributed by atoms with Crippen LogP contribution in [0, 0.1) is 5.92 Å². The van der Waals surface area contributed by atoms with E-state index in [9.17, 15) is 5.11 Å². The number of fused-ring (bicyclic) bond motifs is 1. The molecule has 4 N–H and O–H groups in total. The van der Waals surface area contributed by atoms with Gasteiger partial charge in [-0.15, -0.1) is 0 Å². The van der Waals surface area contributed by atoms with Gasteiger partial charge in [-0.05, 0) is 42.7 Å². The Morgan fingerprint density at radius 2 is 1.92 bits per heavy atom. The minimum atomic E-state index is 0.0476. The molecule has 6 heteroatoms. The lowest BCUT2D eigenvalue weighted by molar-refractivity contribution is 0.477. The summed E-state index contributed by atoms with van der Waals surface area (Å²) in [6, 6.07) is 13.1. The van der Waals surface area contributed by atoms with Gasteiger partial charge < -0.3 is 16.2 Å². The lowest BCUT2D eigenvalue weighted by atomic mass is 10.0. The van der Waals surface area contributed by atoms with E-state index in [0.717, 1.165) is 27.6 Å². The second-order valence-corrected chi connectivity index (χ2v) is 7.76. The van der Waals surface area contributed by atoms with Crippen LogP contribution < -0.4 is 11.1 Å². The summed E-state index contributed by atoms with van der Waals surface area (Å²) in [7, 11) is 0. The zero-order valence-corrected chi connectivity index (χ0v) is 16.5. The zero-order chi connectivity index (χ0) is 18.7. The van der Waals surface area contributed by atoms with Crippen LogP contribution in [0.5, 0.6) is 5.75 Å². The first-order chi connectivity index (χ1) is 12.4. The highest BCUT2D eigenvalue weighted by molar-refractivity contribution is 9.10. The maximum Gasteiger partial charge on any atom is 0.165 e. The number of nitrogens with one attached hydrogen (secondary N) is 1. The molecule has 0 amide bonds. The van der Waals surface area contributed by atoms with Crippen molar-refractivity contribution in [1.82, 2.24) is 9.97 Å². The number of benzene rings is 2. The number of anilines is 1. The predicted octanol–water partition coefficient (Wildman–Crippen LogP) is 4.55. The smallest absolute Gasteiger partial charge is 0.165 e. The second-order valence-electron chi connectivity index (χ2n) is 6.84. The van der Waals surface area contributed by atoms with Crippen molar-refractivity contribution in [2.45, 2.75) is 26.3 Å². The Morgan fingerprint density at radius 3 is 2.69 bits per heavy atom. The van der Waals surface area contributed by atoms with Crippen molar-refractivity contribution in [2.75, 3.05) is 11.9 Å². The molecule has 3 aromatic rings. The second kappa shape index (κ2) is 8.01. The first kappa shape index (κ1) is 18.6. The molecule has 0 radical (unpaired) electrons. The van der Waals surface area contributed by atoms with Gasteiger partial charge in [-0.25, -0.2) is 9.97 Å². The molecule has 3 rings (SSSR count). The number of phenolic OH excluding ortho intramolecular Hbond substituents is 1. The molecule has 0 saturated heterocycles. The molecule has 0 unspecified atom stereocenters. The minimum Gasteiger partial charge on any atom is -0.507 e. The van der Waals surface area contributed by atoms with E-state index < -0.39 is 0 Å². The summed E-state index contributed by atoms with van der Waals surface area (Å²) in [6.07, 6.45) is 0.940. The van der Waals surface area contributed by atoms with Crippen molar-refractivity contribution >= 4 is 32.7 Å². The summed E-state index contributed by atoms with van der Waals surface area (Å²) in [4.78, 5) is 9.29. The Hall–Kier alpha value is -2.18. The zero-order valence-electron chi connectivity index (χ0n) is 14.9. The molecule has 0 fully saturated rings. The Bertz CT molecular complexity index is 913. The molecule has 0 aliphatic carbocycles. The van der Waals surface area contributed by atoms with Gasteiger partial charge in [0.05, 0.1) is 11.1 Å². The molecule has 0 spiro atoms. The third-order valence-electron chi connectivity index (χ3n) is 4.11. The molecule has 1 heterocycles. The Labute approximate surface area is 161 Å². The van der Waals surface area contributed by atoms with E-state index in [4.69, 9.17) is 5.73 Å². The molecule has 2 aromatic carbocycles.